The molecule has 0 bridgehead atoms. The molecule has 1 unspecified atom stereocenters. The lowest BCUT2D eigenvalue weighted by molar-refractivity contribution is 0.0140. The molecule has 0 radical (unpaired) electrons. The summed E-state index contributed by atoms with van der Waals surface area (Å²) in [4.78, 5) is 0. The largest absolute Gasteiger partial charge is 0.379 e. The first kappa shape index (κ1) is 10.9. The van der Waals surface area contributed by atoms with Crippen LogP contribution in [0.5, 0.6) is 0 Å². The van der Waals surface area contributed by atoms with E-state index in [-0.39, 0.29) is 0 Å². The minimum atomic E-state index is 0.350. The standard InChI is InChI=1S/C9H18O4/c1-2-10-3-4-11-5-6-12-7-9-8-13-9/h9H,2-8H2,1H3. The maximum Gasteiger partial charge on any atom is 0.104 e. The zero-order valence-electron chi connectivity index (χ0n) is 8.16. The summed E-state index contributed by atoms with van der Waals surface area (Å²) in [6.07, 6.45) is 0.350. The van der Waals surface area contributed by atoms with Crippen LogP contribution in [0.3, 0.4) is 0 Å². The molecule has 0 saturated carbocycles. The lowest BCUT2D eigenvalue weighted by Crippen LogP contribution is -2.11. The summed E-state index contributed by atoms with van der Waals surface area (Å²) in [5.74, 6) is 0. The molecule has 0 aromatic rings. The molecule has 0 N–H and O–H groups in total. The van der Waals surface area contributed by atoms with Gasteiger partial charge in [-0.3, -0.25) is 0 Å². The van der Waals surface area contributed by atoms with E-state index in [0.29, 0.717) is 39.1 Å². The number of rotatable bonds is 9. The molecule has 1 aliphatic rings. The van der Waals surface area contributed by atoms with Crippen molar-refractivity contribution in [2.75, 3.05) is 46.2 Å². The van der Waals surface area contributed by atoms with Crippen LogP contribution in [0, 0.1) is 0 Å². The summed E-state index contributed by atoms with van der Waals surface area (Å²) < 4.78 is 20.6. The van der Waals surface area contributed by atoms with Gasteiger partial charge in [-0.15, -0.1) is 0 Å². The predicted molar refractivity (Wildman–Crippen MR) is 47.9 cm³/mol. The van der Waals surface area contributed by atoms with Crippen molar-refractivity contribution in [3.05, 3.63) is 0 Å². The van der Waals surface area contributed by atoms with E-state index in [4.69, 9.17) is 18.9 Å². The molecule has 4 nitrogen and oxygen atoms in total. The van der Waals surface area contributed by atoms with E-state index in [2.05, 4.69) is 0 Å². The molecule has 1 rings (SSSR count). The van der Waals surface area contributed by atoms with E-state index >= 15 is 0 Å². The Balaban J connectivity index is 1.63. The average Bonchev–Trinajstić information content (AvgIpc) is 2.93. The van der Waals surface area contributed by atoms with Crippen LogP contribution in [-0.4, -0.2) is 52.4 Å². The Hall–Kier alpha value is -0.160. The van der Waals surface area contributed by atoms with Crippen molar-refractivity contribution >= 4 is 0 Å². The Morgan fingerprint density at radius 3 is 2.31 bits per heavy atom. The SMILES string of the molecule is CCOCCOCCOCC1CO1. The number of hydrogen-bond donors (Lipinski definition) is 0. The molecule has 78 valence electrons. The number of ether oxygens (including phenoxy) is 4. The number of epoxide rings is 1. The Kier molecular flexibility index (Phi) is 6.10. The first-order valence-corrected chi connectivity index (χ1v) is 4.78. The second-order valence-electron chi connectivity index (χ2n) is 2.84. The van der Waals surface area contributed by atoms with Crippen LogP contribution in [0.2, 0.25) is 0 Å². The third-order valence-electron chi connectivity index (χ3n) is 1.65. The predicted octanol–water partition coefficient (Wildman–Crippen LogP) is 0.455. The van der Waals surface area contributed by atoms with Crippen molar-refractivity contribution in [1.82, 2.24) is 0 Å². The smallest absolute Gasteiger partial charge is 0.104 e. The molecular weight excluding hydrogens is 172 g/mol. The van der Waals surface area contributed by atoms with Crippen LogP contribution in [0.1, 0.15) is 6.92 Å². The van der Waals surface area contributed by atoms with Gasteiger partial charge in [-0.1, -0.05) is 0 Å². The van der Waals surface area contributed by atoms with Gasteiger partial charge < -0.3 is 18.9 Å². The van der Waals surface area contributed by atoms with Crippen LogP contribution in [-0.2, 0) is 18.9 Å². The molecule has 0 aliphatic carbocycles. The highest BCUT2D eigenvalue weighted by Crippen LogP contribution is 2.07. The van der Waals surface area contributed by atoms with Gasteiger partial charge in [0.15, 0.2) is 0 Å². The van der Waals surface area contributed by atoms with Gasteiger partial charge in [-0.05, 0) is 6.92 Å². The normalized spacial score (nSPS) is 20.5. The molecule has 1 fully saturated rings. The van der Waals surface area contributed by atoms with Crippen LogP contribution in [0.25, 0.3) is 0 Å². The lowest BCUT2D eigenvalue weighted by atomic mass is 10.5. The maximum absolute atomic E-state index is 5.27. The third kappa shape index (κ3) is 6.95. The Labute approximate surface area is 79.1 Å². The monoisotopic (exact) mass is 190 g/mol. The quantitative estimate of drug-likeness (QED) is 0.391. The van der Waals surface area contributed by atoms with Crippen molar-refractivity contribution < 1.29 is 18.9 Å². The molecule has 4 heteroatoms. The summed E-state index contributed by atoms with van der Waals surface area (Å²) >= 11 is 0. The summed E-state index contributed by atoms with van der Waals surface area (Å²) in [6.45, 7) is 6.88. The van der Waals surface area contributed by atoms with Crippen molar-refractivity contribution in [2.45, 2.75) is 13.0 Å². The zero-order valence-corrected chi connectivity index (χ0v) is 8.16. The van der Waals surface area contributed by atoms with E-state index in [0.717, 1.165) is 13.2 Å². The van der Waals surface area contributed by atoms with Gasteiger partial charge >= 0.3 is 0 Å². The zero-order chi connectivity index (χ0) is 9.36. The maximum atomic E-state index is 5.27. The fraction of sp³-hybridized carbons (Fsp3) is 1.00. The fourth-order valence-electron chi connectivity index (χ4n) is 0.861. The van der Waals surface area contributed by atoms with Crippen molar-refractivity contribution in [3.8, 4) is 0 Å². The van der Waals surface area contributed by atoms with Gasteiger partial charge in [0.2, 0.25) is 0 Å². The Morgan fingerprint density at radius 1 is 1.08 bits per heavy atom. The molecule has 0 spiro atoms. The molecule has 0 amide bonds. The van der Waals surface area contributed by atoms with Gasteiger partial charge in [-0.2, -0.15) is 0 Å². The molecule has 0 aromatic heterocycles. The second kappa shape index (κ2) is 7.26. The number of hydrogen-bond acceptors (Lipinski definition) is 4. The van der Waals surface area contributed by atoms with Gasteiger partial charge in [0.25, 0.3) is 0 Å². The summed E-state index contributed by atoms with van der Waals surface area (Å²) in [5.41, 5.74) is 0. The molecule has 0 aromatic carbocycles. The fourth-order valence-corrected chi connectivity index (χ4v) is 0.861. The minimum Gasteiger partial charge on any atom is -0.379 e. The molecule has 13 heavy (non-hydrogen) atoms. The first-order chi connectivity index (χ1) is 6.43. The van der Waals surface area contributed by atoms with Crippen LogP contribution in [0.4, 0.5) is 0 Å². The van der Waals surface area contributed by atoms with Gasteiger partial charge in [0.1, 0.15) is 6.10 Å². The highest BCUT2D eigenvalue weighted by Gasteiger charge is 2.21. The van der Waals surface area contributed by atoms with E-state index in [1.165, 1.54) is 0 Å². The van der Waals surface area contributed by atoms with Gasteiger partial charge in [0.05, 0.1) is 39.6 Å². The van der Waals surface area contributed by atoms with Crippen LogP contribution in [0.15, 0.2) is 0 Å². The van der Waals surface area contributed by atoms with Gasteiger partial charge in [0, 0.05) is 6.61 Å². The van der Waals surface area contributed by atoms with Crippen LogP contribution >= 0.6 is 0 Å². The third-order valence-corrected chi connectivity index (χ3v) is 1.65. The Morgan fingerprint density at radius 2 is 1.69 bits per heavy atom. The topological polar surface area (TPSA) is 40.2 Å². The molecule has 1 heterocycles. The average molecular weight is 190 g/mol. The molecule has 1 aliphatic heterocycles. The molecule has 1 atom stereocenters. The Bertz CT molecular complexity index is 114. The molecular formula is C9H18O4. The minimum absolute atomic E-state index is 0.350. The first-order valence-electron chi connectivity index (χ1n) is 4.78. The highest BCUT2D eigenvalue weighted by atomic mass is 16.6. The van der Waals surface area contributed by atoms with E-state index in [9.17, 15) is 0 Å². The second-order valence-corrected chi connectivity index (χ2v) is 2.84. The molecule has 1 saturated heterocycles. The van der Waals surface area contributed by atoms with Gasteiger partial charge in [-0.25, -0.2) is 0 Å². The lowest BCUT2D eigenvalue weighted by Gasteiger charge is -2.04. The van der Waals surface area contributed by atoms with Crippen molar-refractivity contribution in [1.29, 1.82) is 0 Å². The van der Waals surface area contributed by atoms with E-state index in [1.807, 2.05) is 6.92 Å². The van der Waals surface area contributed by atoms with Crippen molar-refractivity contribution in [3.63, 3.8) is 0 Å². The van der Waals surface area contributed by atoms with Crippen molar-refractivity contribution in [2.24, 2.45) is 0 Å². The van der Waals surface area contributed by atoms with E-state index in [1.54, 1.807) is 0 Å². The van der Waals surface area contributed by atoms with E-state index < -0.39 is 0 Å². The summed E-state index contributed by atoms with van der Waals surface area (Å²) in [5, 5.41) is 0. The summed E-state index contributed by atoms with van der Waals surface area (Å²) in [6, 6.07) is 0. The highest BCUT2D eigenvalue weighted by molar-refractivity contribution is 4.66. The summed E-state index contributed by atoms with van der Waals surface area (Å²) in [7, 11) is 0. The van der Waals surface area contributed by atoms with Crippen LogP contribution < -0.4 is 0 Å².